The molecule has 2 aromatic rings. The summed E-state index contributed by atoms with van der Waals surface area (Å²) < 4.78 is 15.9. The maximum atomic E-state index is 5.34. The highest BCUT2D eigenvalue weighted by atomic mass is 16.5. The van der Waals surface area contributed by atoms with Gasteiger partial charge in [-0.1, -0.05) is 12.1 Å². The highest BCUT2D eigenvalue weighted by Gasteiger charge is 2.21. The van der Waals surface area contributed by atoms with E-state index < -0.39 is 0 Å². The number of anilines is 1. The minimum atomic E-state index is 0.364. The molecule has 7 heteroatoms. The summed E-state index contributed by atoms with van der Waals surface area (Å²) in [5, 5.41) is 7.65. The third kappa shape index (κ3) is 4.63. The van der Waals surface area contributed by atoms with Crippen LogP contribution in [0.25, 0.3) is 0 Å². The van der Waals surface area contributed by atoms with Crippen LogP contribution >= 0.6 is 0 Å². The molecular weight excluding hydrogens is 320 g/mol. The van der Waals surface area contributed by atoms with Crippen molar-refractivity contribution >= 4 is 5.69 Å². The molecule has 1 saturated heterocycles. The number of methoxy groups -OCH3 is 2. The first-order chi connectivity index (χ1) is 12.2. The van der Waals surface area contributed by atoms with Gasteiger partial charge in [-0.25, -0.2) is 0 Å². The molecule has 2 heterocycles. The summed E-state index contributed by atoms with van der Waals surface area (Å²) in [5.41, 5.74) is 1.01. The average molecular weight is 346 g/mol. The summed E-state index contributed by atoms with van der Waals surface area (Å²) in [6.07, 6.45) is 3.04. The van der Waals surface area contributed by atoms with Crippen molar-refractivity contribution in [2.24, 2.45) is 0 Å². The van der Waals surface area contributed by atoms with E-state index in [4.69, 9.17) is 14.0 Å². The third-order valence-electron chi connectivity index (χ3n) is 4.41. The van der Waals surface area contributed by atoms with Crippen LogP contribution in [0.15, 0.2) is 22.7 Å². The Kier molecular flexibility index (Phi) is 5.75. The van der Waals surface area contributed by atoms with E-state index in [1.807, 2.05) is 25.1 Å². The van der Waals surface area contributed by atoms with Crippen LogP contribution in [0.3, 0.4) is 0 Å². The molecule has 25 heavy (non-hydrogen) atoms. The zero-order valence-corrected chi connectivity index (χ0v) is 15.1. The predicted molar refractivity (Wildman–Crippen MR) is 95.1 cm³/mol. The molecule has 0 saturated carbocycles. The lowest BCUT2D eigenvalue weighted by molar-refractivity contribution is 0.201. The smallest absolute Gasteiger partial charge is 0.226 e. The van der Waals surface area contributed by atoms with Gasteiger partial charge in [0.1, 0.15) is 11.5 Å². The maximum absolute atomic E-state index is 5.34. The molecule has 1 aromatic heterocycles. The number of likely N-dealkylation sites (tertiary alicyclic amines) is 1. The molecular formula is C18H26N4O3. The lowest BCUT2D eigenvalue weighted by Gasteiger charge is -2.33. The third-order valence-corrected chi connectivity index (χ3v) is 4.41. The Labute approximate surface area is 148 Å². The number of ether oxygens (including phenoxy) is 2. The van der Waals surface area contributed by atoms with Gasteiger partial charge in [-0.2, -0.15) is 4.98 Å². The highest BCUT2D eigenvalue weighted by Crippen LogP contribution is 2.27. The molecule has 3 rings (SSSR count). The van der Waals surface area contributed by atoms with Gasteiger partial charge in [0.15, 0.2) is 5.82 Å². The Morgan fingerprint density at radius 2 is 2.00 bits per heavy atom. The SMILES string of the molecule is CCc1nc(CN2CCCC(Nc3cc(OC)cc(OC)c3)C2)no1. The van der Waals surface area contributed by atoms with Crippen molar-refractivity contribution < 1.29 is 14.0 Å². The maximum Gasteiger partial charge on any atom is 0.226 e. The van der Waals surface area contributed by atoms with Crippen molar-refractivity contribution in [3.8, 4) is 11.5 Å². The van der Waals surface area contributed by atoms with Crippen LogP contribution < -0.4 is 14.8 Å². The van der Waals surface area contributed by atoms with Crippen molar-refractivity contribution in [1.29, 1.82) is 0 Å². The van der Waals surface area contributed by atoms with Crippen molar-refractivity contribution in [2.75, 3.05) is 32.6 Å². The van der Waals surface area contributed by atoms with Crippen LogP contribution in [0.2, 0.25) is 0 Å². The number of piperidine rings is 1. The van der Waals surface area contributed by atoms with E-state index in [1.54, 1.807) is 14.2 Å². The number of aromatic nitrogens is 2. The Hall–Kier alpha value is -2.28. The van der Waals surface area contributed by atoms with E-state index in [1.165, 1.54) is 0 Å². The quantitative estimate of drug-likeness (QED) is 0.826. The first kappa shape index (κ1) is 17.5. The van der Waals surface area contributed by atoms with Gasteiger partial charge >= 0.3 is 0 Å². The molecule has 0 radical (unpaired) electrons. The molecule has 1 aliphatic rings. The molecule has 1 aromatic carbocycles. The Morgan fingerprint density at radius 3 is 2.64 bits per heavy atom. The van der Waals surface area contributed by atoms with Crippen LogP contribution in [0, 0.1) is 0 Å². The second-order valence-electron chi connectivity index (χ2n) is 6.28. The first-order valence-electron chi connectivity index (χ1n) is 8.73. The van der Waals surface area contributed by atoms with Crippen molar-refractivity contribution in [3.05, 3.63) is 29.9 Å². The summed E-state index contributed by atoms with van der Waals surface area (Å²) in [4.78, 5) is 6.77. The van der Waals surface area contributed by atoms with Crippen LogP contribution in [0.5, 0.6) is 11.5 Å². The molecule has 1 aliphatic heterocycles. The molecule has 0 bridgehead atoms. The fourth-order valence-electron chi connectivity index (χ4n) is 3.14. The van der Waals surface area contributed by atoms with E-state index in [-0.39, 0.29) is 0 Å². The molecule has 0 aliphatic carbocycles. The zero-order chi connectivity index (χ0) is 17.6. The minimum Gasteiger partial charge on any atom is -0.497 e. The molecule has 1 N–H and O–H groups in total. The number of aryl methyl sites for hydroxylation is 1. The molecule has 1 fully saturated rings. The van der Waals surface area contributed by atoms with E-state index >= 15 is 0 Å². The fraction of sp³-hybridized carbons (Fsp3) is 0.556. The monoisotopic (exact) mass is 346 g/mol. The van der Waals surface area contributed by atoms with Crippen LogP contribution in [0.1, 0.15) is 31.5 Å². The lowest BCUT2D eigenvalue weighted by Crippen LogP contribution is -2.41. The van der Waals surface area contributed by atoms with Crippen molar-refractivity contribution in [1.82, 2.24) is 15.0 Å². The van der Waals surface area contributed by atoms with E-state index in [9.17, 15) is 0 Å². The Morgan fingerprint density at radius 1 is 1.24 bits per heavy atom. The van der Waals surface area contributed by atoms with Crippen LogP contribution in [0.4, 0.5) is 5.69 Å². The molecule has 1 atom stereocenters. The van der Waals surface area contributed by atoms with Gasteiger partial charge in [0.25, 0.3) is 0 Å². The zero-order valence-electron chi connectivity index (χ0n) is 15.1. The number of nitrogens with zero attached hydrogens (tertiary/aromatic N) is 3. The van der Waals surface area contributed by atoms with E-state index in [0.717, 1.165) is 61.9 Å². The van der Waals surface area contributed by atoms with Gasteiger partial charge in [-0.15, -0.1) is 0 Å². The molecule has 7 nitrogen and oxygen atoms in total. The van der Waals surface area contributed by atoms with E-state index in [2.05, 4.69) is 20.4 Å². The van der Waals surface area contributed by atoms with Gasteiger partial charge in [-0.3, -0.25) is 4.90 Å². The number of hydrogen-bond donors (Lipinski definition) is 1. The van der Waals surface area contributed by atoms with Gasteiger partial charge in [0.2, 0.25) is 5.89 Å². The summed E-state index contributed by atoms with van der Waals surface area (Å²) >= 11 is 0. The van der Waals surface area contributed by atoms with Gasteiger partial charge < -0.3 is 19.3 Å². The average Bonchev–Trinajstić information content (AvgIpc) is 3.09. The second-order valence-corrected chi connectivity index (χ2v) is 6.28. The van der Waals surface area contributed by atoms with Gasteiger partial charge in [0.05, 0.1) is 20.8 Å². The predicted octanol–water partition coefficient (Wildman–Crippen LogP) is 2.73. The summed E-state index contributed by atoms with van der Waals surface area (Å²) in [7, 11) is 3.33. The second kappa shape index (κ2) is 8.20. The van der Waals surface area contributed by atoms with Crippen LogP contribution in [-0.2, 0) is 13.0 Å². The molecule has 136 valence electrons. The highest BCUT2D eigenvalue weighted by molar-refractivity contribution is 5.54. The molecule has 0 spiro atoms. The normalized spacial score (nSPS) is 18.1. The Bertz CT molecular complexity index is 666. The minimum absolute atomic E-state index is 0.364. The van der Waals surface area contributed by atoms with Crippen LogP contribution in [-0.4, -0.2) is 48.4 Å². The summed E-state index contributed by atoms with van der Waals surface area (Å²) in [6, 6.07) is 6.23. The summed E-state index contributed by atoms with van der Waals surface area (Å²) in [5.74, 6) is 3.03. The number of rotatable bonds is 7. The number of nitrogens with one attached hydrogen (secondary N) is 1. The number of benzene rings is 1. The van der Waals surface area contributed by atoms with Gasteiger partial charge in [-0.05, 0) is 19.4 Å². The fourth-order valence-corrected chi connectivity index (χ4v) is 3.14. The van der Waals surface area contributed by atoms with Gasteiger partial charge in [0, 0.05) is 42.9 Å². The first-order valence-corrected chi connectivity index (χ1v) is 8.73. The summed E-state index contributed by atoms with van der Waals surface area (Å²) in [6.45, 7) is 4.73. The number of hydrogen-bond acceptors (Lipinski definition) is 7. The standard InChI is InChI=1S/C18H26N4O3/c1-4-18-20-17(21-25-18)12-22-7-5-6-13(11-22)19-14-8-15(23-2)10-16(9-14)24-3/h8-10,13,19H,4-7,11-12H2,1-3H3. The topological polar surface area (TPSA) is 72.7 Å². The lowest BCUT2D eigenvalue weighted by atomic mass is 10.1. The molecule has 1 unspecified atom stereocenters. The van der Waals surface area contributed by atoms with Crippen molar-refractivity contribution in [3.63, 3.8) is 0 Å². The molecule has 0 amide bonds. The Balaban J connectivity index is 1.61. The van der Waals surface area contributed by atoms with E-state index in [0.29, 0.717) is 11.9 Å². The van der Waals surface area contributed by atoms with Crippen molar-refractivity contribution in [2.45, 2.75) is 38.8 Å². The largest absolute Gasteiger partial charge is 0.497 e.